The lowest BCUT2D eigenvalue weighted by Crippen LogP contribution is -1.93. The summed E-state index contributed by atoms with van der Waals surface area (Å²) in [5.41, 5.74) is 26.2. The zero-order valence-electron chi connectivity index (χ0n) is 68.9. The molecule has 594 valence electrons. The van der Waals surface area contributed by atoms with Gasteiger partial charge in [-0.1, -0.05) is 261 Å². The summed E-state index contributed by atoms with van der Waals surface area (Å²) in [6.45, 7) is 0. The summed E-state index contributed by atoms with van der Waals surface area (Å²) < 4.78 is 37.2. The van der Waals surface area contributed by atoms with Crippen LogP contribution in [0.1, 0.15) is 0 Å². The maximum atomic E-state index is 6.34. The van der Waals surface area contributed by atoms with Crippen LogP contribution < -0.4 is 0 Å². The standard InChI is InChI=1S/C36H20N2O.3C28H15NO/c1-2-10-21(11-3-1)37-29-15-7-4-12-22(29)27-19-28-25-18-26-23-13-6-9-17-32(23)39-33(26)20-31(25)38-30-16-8-5-14-24(30)34(35(27)37)36(28)38;1-2-8-17-16(7-1)13-21-18-9-3-5-11-23(18)29-24-15-26-20(14-22(24)27(17)28(21)29)19-10-4-6-12-25(19)30-26;1-2-7-17-13-24-21(12-16(17)6-1)19-9-5-10-20-22-14-23-18-8-3-4-11-26(18)30-27(23)15-25(22)29(24)28(19)20;1-2-7-17-16(6-1)12-13-23-27(17)20-10-5-9-19-21-14-22-18-8-3-4-11-25(18)30-26(22)15-24(21)29(23)28(19)20/h1-20H;3*1-15H. The fourth-order valence-electron chi connectivity index (χ4n) is 23.4. The summed E-state index contributed by atoms with van der Waals surface area (Å²) in [4.78, 5) is 0. The molecule has 0 atom stereocenters. The van der Waals surface area contributed by atoms with Crippen molar-refractivity contribution < 1.29 is 17.7 Å². The number of hydrogen-bond donors (Lipinski definition) is 0. The SMILES string of the molecule is c1ccc(-n2c3ccccc3c3cc4c5cc6c(cc5n5c7ccccc7c(c32)c45)oc2ccccc26)cc1.c1ccc2c(c1)cc1c3ccccc3n3c4cc5oc6ccccc6c5cc4c2c13.c1ccc2c(c1)ccc1c2c2cccc3c4cc5c(cc4n1c32)oc1ccccc15.c1ccc2cc3c(cc2c1)c1cccc2c4cc5c(cc4n3c12)oc1ccccc15. The summed E-state index contributed by atoms with van der Waals surface area (Å²) in [6.07, 6.45) is 0. The van der Waals surface area contributed by atoms with Crippen molar-refractivity contribution in [1.29, 1.82) is 0 Å². The maximum absolute atomic E-state index is 6.34. The number of aromatic nitrogens is 5. The molecule has 0 saturated heterocycles. The number of nitrogens with zero attached hydrogens (tertiary/aromatic N) is 5. The van der Waals surface area contributed by atoms with Gasteiger partial charge in [0.05, 0.1) is 77.2 Å². The Morgan fingerprint density at radius 1 is 0.132 bits per heavy atom. The fraction of sp³-hybridized carbons (Fsp3) is 0. The van der Waals surface area contributed by atoms with Crippen molar-refractivity contribution in [3.05, 3.63) is 394 Å². The van der Waals surface area contributed by atoms with Crippen molar-refractivity contribution in [2.24, 2.45) is 0 Å². The second-order valence-electron chi connectivity index (χ2n) is 35.1. The highest BCUT2D eigenvalue weighted by molar-refractivity contribution is 6.38. The molecule has 0 unspecified atom stereocenters. The molecule has 0 N–H and O–H groups in total. The van der Waals surface area contributed by atoms with Gasteiger partial charge in [-0.3, -0.25) is 0 Å². The number of rotatable bonds is 1. The van der Waals surface area contributed by atoms with Gasteiger partial charge >= 0.3 is 0 Å². The molecule has 34 rings (SSSR count). The molecule has 21 aromatic carbocycles. The van der Waals surface area contributed by atoms with Crippen LogP contribution in [0.5, 0.6) is 0 Å². The summed E-state index contributed by atoms with van der Waals surface area (Å²) in [6, 6.07) is 142. The molecular weight excluding hydrogens is 1580 g/mol. The van der Waals surface area contributed by atoms with Crippen molar-refractivity contribution >= 4 is 294 Å². The molecule has 129 heavy (non-hydrogen) atoms. The lowest BCUT2D eigenvalue weighted by atomic mass is 9.99. The molecule has 9 nitrogen and oxygen atoms in total. The smallest absolute Gasteiger partial charge is 0.137 e. The lowest BCUT2D eigenvalue weighted by Gasteiger charge is -2.09. The first-order valence-electron chi connectivity index (χ1n) is 44.2. The molecule has 0 amide bonds. The van der Waals surface area contributed by atoms with Crippen molar-refractivity contribution in [2.45, 2.75) is 0 Å². The molecule has 13 heterocycles. The Kier molecular flexibility index (Phi) is 13.1. The van der Waals surface area contributed by atoms with Crippen LogP contribution in [0.25, 0.3) is 300 Å². The number of fused-ring (bicyclic) bond motifs is 45. The summed E-state index contributed by atoms with van der Waals surface area (Å²) in [7, 11) is 0. The number of para-hydroxylation sites is 10. The third-order valence-electron chi connectivity index (χ3n) is 28.7. The van der Waals surface area contributed by atoms with Crippen LogP contribution in [0.4, 0.5) is 0 Å². The highest BCUT2D eigenvalue weighted by Gasteiger charge is 2.29. The molecule has 0 aliphatic heterocycles. The normalized spacial score (nSPS) is 12.7. The van der Waals surface area contributed by atoms with Crippen LogP contribution >= 0.6 is 0 Å². The van der Waals surface area contributed by atoms with E-state index < -0.39 is 0 Å². The zero-order chi connectivity index (χ0) is 83.4. The van der Waals surface area contributed by atoms with Gasteiger partial charge in [0.2, 0.25) is 0 Å². The van der Waals surface area contributed by atoms with Gasteiger partial charge in [0, 0.05) is 170 Å². The molecule has 0 aliphatic carbocycles. The van der Waals surface area contributed by atoms with Crippen LogP contribution in [0.2, 0.25) is 0 Å². The average Bonchev–Trinajstić information content (AvgIpc) is 1.48. The van der Waals surface area contributed by atoms with E-state index in [4.69, 9.17) is 17.7 Å². The van der Waals surface area contributed by atoms with Crippen LogP contribution in [0.3, 0.4) is 0 Å². The highest BCUT2D eigenvalue weighted by Crippen LogP contribution is 2.52. The predicted octanol–water partition coefficient (Wildman–Crippen LogP) is 33.5. The van der Waals surface area contributed by atoms with Gasteiger partial charge in [-0.15, -0.1) is 0 Å². The second-order valence-corrected chi connectivity index (χ2v) is 35.1. The third kappa shape index (κ3) is 8.96. The Bertz CT molecular complexity index is 10800. The Morgan fingerprint density at radius 3 is 1.02 bits per heavy atom. The van der Waals surface area contributed by atoms with Crippen LogP contribution in [0, 0.1) is 0 Å². The maximum Gasteiger partial charge on any atom is 0.137 e. The fourth-order valence-corrected chi connectivity index (χ4v) is 23.4. The van der Waals surface area contributed by atoms with Gasteiger partial charge in [-0.25, -0.2) is 0 Å². The number of hydrogen-bond acceptors (Lipinski definition) is 4. The predicted molar refractivity (Wildman–Crippen MR) is 540 cm³/mol. The van der Waals surface area contributed by atoms with Gasteiger partial charge in [-0.2, -0.15) is 0 Å². The Hall–Kier alpha value is -17.4. The topological polar surface area (TPSA) is 75.1 Å². The second kappa shape index (κ2) is 24.8. The van der Waals surface area contributed by atoms with Gasteiger partial charge in [0.25, 0.3) is 0 Å². The Balaban J connectivity index is 0.0000000822. The quantitative estimate of drug-likeness (QED) is 0.164. The minimum atomic E-state index is 0.928. The lowest BCUT2D eigenvalue weighted by molar-refractivity contribution is 0.669. The van der Waals surface area contributed by atoms with E-state index in [-0.39, 0.29) is 0 Å². The monoisotopic (exact) mass is 1640 g/mol. The number of furan rings is 4. The van der Waals surface area contributed by atoms with E-state index in [1.807, 2.05) is 42.5 Å². The summed E-state index contributed by atoms with van der Waals surface area (Å²) >= 11 is 0. The zero-order valence-corrected chi connectivity index (χ0v) is 68.9. The third-order valence-corrected chi connectivity index (χ3v) is 28.7. The van der Waals surface area contributed by atoms with Crippen LogP contribution in [-0.4, -0.2) is 22.2 Å². The van der Waals surface area contributed by atoms with E-state index >= 15 is 0 Å². The van der Waals surface area contributed by atoms with E-state index in [0.717, 1.165) is 50.1 Å². The first kappa shape index (κ1) is 68.1. The molecule has 34 aromatic rings. The van der Waals surface area contributed by atoms with Gasteiger partial charge < -0.3 is 39.8 Å². The highest BCUT2D eigenvalue weighted by atomic mass is 16.3. The molecule has 0 aliphatic rings. The van der Waals surface area contributed by atoms with Crippen molar-refractivity contribution in [1.82, 2.24) is 22.2 Å². The molecule has 9 heteroatoms. The van der Waals surface area contributed by atoms with Crippen LogP contribution in [-0.2, 0) is 0 Å². The van der Waals surface area contributed by atoms with E-state index in [1.54, 1.807) is 0 Å². The largest absolute Gasteiger partial charge is 0.456 e. The molecule has 13 aromatic heterocycles. The van der Waals surface area contributed by atoms with Crippen molar-refractivity contribution in [3.8, 4) is 5.69 Å². The van der Waals surface area contributed by atoms with Crippen LogP contribution in [0.15, 0.2) is 412 Å². The van der Waals surface area contributed by atoms with Crippen molar-refractivity contribution in [2.75, 3.05) is 0 Å². The van der Waals surface area contributed by atoms with E-state index in [0.29, 0.717) is 0 Å². The van der Waals surface area contributed by atoms with Crippen molar-refractivity contribution in [3.63, 3.8) is 0 Å². The average molecular weight is 1640 g/mol. The summed E-state index contributed by atoms with van der Waals surface area (Å²) in [5.74, 6) is 0. The number of benzene rings is 21. The van der Waals surface area contributed by atoms with E-state index in [1.165, 1.54) is 250 Å². The Morgan fingerprint density at radius 2 is 0.465 bits per heavy atom. The van der Waals surface area contributed by atoms with E-state index in [2.05, 4.69) is 374 Å². The molecule has 0 fully saturated rings. The molecular formula is C120H65N5O4. The van der Waals surface area contributed by atoms with Gasteiger partial charge in [-0.05, 0) is 142 Å². The minimum absolute atomic E-state index is 0.928. The molecule has 0 radical (unpaired) electrons. The van der Waals surface area contributed by atoms with Gasteiger partial charge in [0.1, 0.15) is 44.7 Å². The first-order valence-corrected chi connectivity index (χ1v) is 44.2. The van der Waals surface area contributed by atoms with Gasteiger partial charge in [0.15, 0.2) is 0 Å². The molecule has 0 bridgehead atoms. The first-order chi connectivity index (χ1) is 64.0. The Labute approximate surface area is 729 Å². The molecule has 0 spiro atoms. The minimum Gasteiger partial charge on any atom is -0.456 e. The van der Waals surface area contributed by atoms with E-state index in [9.17, 15) is 0 Å². The summed E-state index contributed by atoms with van der Waals surface area (Å²) in [5, 5.41) is 40.5. The molecule has 0 saturated carbocycles.